The molecule has 0 bridgehead atoms. The summed E-state index contributed by atoms with van der Waals surface area (Å²) in [6, 6.07) is 0. The Morgan fingerprint density at radius 1 is 1.65 bits per heavy atom. The number of nitrogens with zero attached hydrogens (tertiary/aromatic N) is 1. The number of aliphatic carboxylic acids is 1. The van der Waals surface area contributed by atoms with Crippen LogP contribution in [-0.2, 0) is 19.1 Å². The number of amides is 1. The Kier molecular flexibility index (Phi) is 5.33. The van der Waals surface area contributed by atoms with E-state index < -0.39 is 18.2 Å². The first-order valence-electron chi connectivity index (χ1n) is 5.43. The first-order valence-corrected chi connectivity index (χ1v) is 5.43. The van der Waals surface area contributed by atoms with E-state index in [4.69, 9.17) is 20.3 Å². The molecule has 7 nitrogen and oxygen atoms in total. The first kappa shape index (κ1) is 13.9. The fourth-order valence-corrected chi connectivity index (χ4v) is 1.74. The third kappa shape index (κ3) is 3.95. The number of carbonyl (C=O) groups excluding carboxylic acids is 1. The van der Waals surface area contributed by atoms with Gasteiger partial charge < -0.3 is 25.2 Å². The zero-order chi connectivity index (χ0) is 12.8. The van der Waals surface area contributed by atoms with E-state index in [1.54, 1.807) is 0 Å². The SMILES string of the molecule is COC(CN)C(=O)N1CCOC(CC(=O)O)C1. The summed E-state index contributed by atoms with van der Waals surface area (Å²) in [6.45, 7) is 1.15. The molecule has 17 heavy (non-hydrogen) atoms. The standard InChI is InChI=1S/C10H18N2O5/c1-16-8(5-11)10(15)12-2-3-17-7(6-12)4-9(13)14/h7-8H,2-6,11H2,1H3,(H,13,14). The van der Waals surface area contributed by atoms with E-state index in [-0.39, 0.29) is 25.4 Å². The van der Waals surface area contributed by atoms with Gasteiger partial charge >= 0.3 is 5.97 Å². The van der Waals surface area contributed by atoms with Gasteiger partial charge in [0.1, 0.15) is 6.10 Å². The average molecular weight is 246 g/mol. The maximum Gasteiger partial charge on any atom is 0.306 e. The predicted octanol–water partition coefficient (Wildman–Crippen LogP) is -1.34. The van der Waals surface area contributed by atoms with Gasteiger partial charge in [0.2, 0.25) is 0 Å². The van der Waals surface area contributed by atoms with Crippen LogP contribution in [0.3, 0.4) is 0 Å². The van der Waals surface area contributed by atoms with Crippen LogP contribution in [0.25, 0.3) is 0 Å². The van der Waals surface area contributed by atoms with Crippen LogP contribution in [0, 0.1) is 0 Å². The van der Waals surface area contributed by atoms with Crippen LogP contribution in [0.1, 0.15) is 6.42 Å². The van der Waals surface area contributed by atoms with Crippen LogP contribution < -0.4 is 5.73 Å². The van der Waals surface area contributed by atoms with Crippen molar-refractivity contribution in [2.24, 2.45) is 5.73 Å². The number of nitrogens with two attached hydrogens (primary N) is 1. The third-order valence-corrected chi connectivity index (χ3v) is 2.63. The van der Waals surface area contributed by atoms with Gasteiger partial charge in [-0.3, -0.25) is 9.59 Å². The first-order chi connectivity index (χ1) is 8.08. The molecule has 0 aromatic heterocycles. The average Bonchev–Trinajstić information content (AvgIpc) is 2.30. The minimum Gasteiger partial charge on any atom is -0.481 e. The number of carboxylic acids is 1. The molecular formula is C10H18N2O5. The molecule has 2 unspecified atom stereocenters. The molecule has 7 heteroatoms. The fourth-order valence-electron chi connectivity index (χ4n) is 1.74. The Bertz CT molecular complexity index is 280. The number of ether oxygens (including phenoxy) is 2. The third-order valence-electron chi connectivity index (χ3n) is 2.63. The van der Waals surface area contributed by atoms with Gasteiger partial charge in [-0.1, -0.05) is 0 Å². The Labute approximate surface area is 99.5 Å². The minimum atomic E-state index is -0.939. The molecule has 0 aromatic carbocycles. The Balaban J connectivity index is 2.53. The molecule has 1 saturated heterocycles. The van der Waals surface area contributed by atoms with Gasteiger partial charge in [-0.25, -0.2) is 0 Å². The highest BCUT2D eigenvalue weighted by Crippen LogP contribution is 2.10. The van der Waals surface area contributed by atoms with E-state index in [1.165, 1.54) is 12.0 Å². The highest BCUT2D eigenvalue weighted by atomic mass is 16.5. The van der Waals surface area contributed by atoms with Gasteiger partial charge in [-0.15, -0.1) is 0 Å². The van der Waals surface area contributed by atoms with Crippen LogP contribution in [0.2, 0.25) is 0 Å². The van der Waals surface area contributed by atoms with Crippen LogP contribution in [0.4, 0.5) is 0 Å². The summed E-state index contributed by atoms with van der Waals surface area (Å²) in [4.78, 5) is 24.0. The second kappa shape index (κ2) is 6.53. The number of rotatable bonds is 5. The van der Waals surface area contributed by atoms with Crippen LogP contribution in [-0.4, -0.2) is 67.4 Å². The molecular weight excluding hydrogens is 228 g/mol. The van der Waals surface area contributed by atoms with E-state index in [0.717, 1.165) is 0 Å². The fraction of sp³-hybridized carbons (Fsp3) is 0.800. The number of hydrogen-bond acceptors (Lipinski definition) is 5. The number of hydrogen-bond donors (Lipinski definition) is 2. The highest BCUT2D eigenvalue weighted by Gasteiger charge is 2.29. The summed E-state index contributed by atoms with van der Waals surface area (Å²) in [6.07, 6.45) is -1.23. The molecule has 0 aliphatic carbocycles. The lowest BCUT2D eigenvalue weighted by molar-refractivity contribution is -0.153. The Hall–Kier alpha value is -1.18. The molecule has 0 saturated carbocycles. The lowest BCUT2D eigenvalue weighted by atomic mass is 10.2. The maximum atomic E-state index is 11.9. The van der Waals surface area contributed by atoms with Crippen molar-refractivity contribution in [3.8, 4) is 0 Å². The van der Waals surface area contributed by atoms with Crippen LogP contribution in [0.15, 0.2) is 0 Å². The van der Waals surface area contributed by atoms with E-state index in [2.05, 4.69) is 0 Å². The number of methoxy groups -OCH3 is 1. The normalized spacial score (nSPS) is 22.2. The highest BCUT2D eigenvalue weighted by molar-refractivity contribution is 5.81. The Morgan fingerprint density at radius 3 is 2.88 bits per heavy atom. The number of morpholine rings is 1. The molecule has 1 aliphatic heterocycles. The summed E-state index contributed by atoms with van der Waals surface area (Å²) in [7, 11) is 1.42. The molecule has 98 valence electrons. The molecule has 0 radical (unpaired) electrons. The second-order valence-electron chi connectivity index (χ2n) is 3.83. The van der Waals surface area contributed by atoms with E-state index in [9.17, 15) is 9.59 Å². The quantitative estimate of drug-likeness (QED) is 0.622. The van der Waals surface area contributed by atoms with Gasteiger partial charge in [0.25, 0.3) is 5.91 Å². The lowest BCUT2D eigenvalue weighted by Crippen LogP contribution is -2.51. The molecule has 1 amide bonds. The van der Waals surface area contributed by atoms with Crippen molar-refractivity contribution in [2.75, 3.05) is 33.4 Å². The molecule has 2 atom stereocenters. The summed E-state index contributed by atoms with van der Waals surface area (Å²) >= 11 is 0. The predicted molar refractivity (Wildman–Crippen MR) is 58.4 cm³/mol. The summed E-state index contributed by atoms with van der Waals surface area (Å²) < 4.78 is 10.2. The van der Waals surface area contributed by atoms with Crippen molar-refractivity contribution in [1.82, 2.24) is 4.90 Å². The molecule has 0 aromatic rings. The lowest BCUT2D eigenvalue weighted by Gasteiger charge is -2.34. The van der Waals surface area contributed by atoms with Crippen molar-refractivity contribution < 1.29 is 24.2 Å². The molecule has 0 spiro atoms. The summed E-state index contributed by atoms with van der Waals surface area (Å²) in [5, 5.41) is 8.66. The molecule has 1 heterocycles. The maximum absolute atomic E-state index is 11.9. The number of carboxylic acid groups (broad SMARTS) is 1. The van der Waals surface area contributed by atoms with Gasteiger partial charge in [0.15, 0.2) is 0 Å². The van der Waals surface area contributed by atoms with Crippen molar-refractivity contribution >= 4 is 11.9 Å². The molecule has 1 aliphatic rings. The smallest absolute Gasteiger partial charge is 0.306 e. The topological polar surface area (TPSA) is 102 Å². The van der Waals surface area contributed by atoms with Crippen molar-refractivity contribution in [3.05, 3.63) is 0 Å². The van der Waals surface area contributed by atoms with E-state index >= 15 is 0 Å². The van der Waals surface area contributed by atoms with Crippen LogP contribution >= 0.6 is 0 Å². The minimum absolute atomic E-state index is 0.107. The molecule has 3 N–H and O–H groups in total. The van der Waals surface area contributed by atoms with Crippen LogP contribution in [0.5, 0.6) is 0 Å². The molecule has 1 fully saturated rings. The molecule has 1 rings (SSSR count). The number of carbonyl (C=O) groups is 2. The van der Waals surface area contributed by atoms with Gasteiger partial charge in [0, 0.05) is 26.7 Å². The largest absolute Gasteiger partial charge is 0.481 e. The van der Waals surface area contributed by atoms with E-state index in [1.807, 2.05) is 0 Å². The second-order valence-corrected chi connectivity index (χ2v) is 3.83. The van der Waals surface area contributed by atoms with Gasteiger partial charge in [-0.05, 0) is 0 Å². The monoisotopic (exact) mass is 246 g/mol. The summed E-state index contributed by atoms with van der Waals surface area (Å²) in [5.74, 6) is -1.15. The summed E-state index contributed by atoms with van der Waals surface area (Å²) in [5.41, 5.74) is 5.41. The van der Waals surface area contributed by atoms with Crippen molar-refractivity contribution in [1.29, 1.82) is 0 Å². The van der Waals surface area contributed by atoms with Crippen molar-refractivity contribution in [3.63, 3.8) is 0 Å². The zero-order valence-corrected chi connectivity index (χ0v) is 9.80. The van der Waals surface area contributed by atoms with Gasteiger partial charge in [0.05, 0.1) is 19.1 Å². The zero-order valence-electron chi connectivity index (χ0n) is 9.80. The van der Waals surface area contributed by atoms with E-state index in [0.29, 0.717) is 13.2 Å². The Morgan fingerprint density at radius 2 is 2.35 bits per heavy atom. The van der Waals surface area contributed by atoms with Gasteiger partial charge in [-0.2, -0.15) is 0 Å². The van der Waals surface area contributed by atoms with Crippen molar-refractivity contribution in [2.45, 2.75) is 18.6 Å².